The summed E-state index contributed by atoms with van der Waals surface area (Å²) in [7, 11) is 0. The molecule has 1 unspecified atom stereocenters. The van der Waals surface area contributed by atoms with Crippen LogP contribution in [-0.2, 0) is 4.79 Å². The summed E-state index contributed by atoms with van der Waals surface area (Å²) >= 11 is 0. The van der Waals surface area contributed by atoms with Crippen molar-refractivity contribution in [2.24, 2.45) is 0 Å². The van der Waals surface area contributed by atoms with Gasteiger partial charge in [0.25, 0.3) is 5.91 Å². The molecule has 1 amide bonds. The number of nitrogens with one attached hydrogen (secondary N) is 1. The summed E-state index contributed by atoms with van der Waals surface area (Å²) in [6.45, 7) is 8.81. The Labute approximate surface area is 349 Å². The second kappa shape index (κ2) is 17.4. The van der Waals surface area contributed by atoms with Crippen molar-refractivity contribution in [3.05, 3.63) is 131 Å². The standard InChI is InChI=1S/C27H24F2N4O3.C19H19FN4O/c1-16-5-10-19-21(15-16)30-25(23-20(29)3-2-4-22(23)34)31-26(19)32-11-13-33(14-12-32)27(36)24(35)17-6-8-18(28)9-7-17;1-12-5-6-13-15(11-12)22-18(17-14(20)3-2-4-16(17)25)23-19(13)24-9-7-21-8-10-24/h2-10,15,24,34-35H,11-14H2,1H3;2-6,11,21,25H,7-10H2,1H3. The molecule has 15 heteroatoms. The van der Waals surface area contributed by atoms with Crippen molar-refractivity contribution in [2.45, 2.75) is 20.0 Å². The van der Waals surface area contributed by atoms with Gasteiger partial charge >= 0.3 is 0 Å². The van der Waals surface area contributed by atoms with E-state index in [2.05, 4.69) is 30.2 Å². The number of phenols is 2. The molecule has 2 aliphatic rings. The zero-order valence-electron chi connectivity index (χ0n) is 33.5. The summed E-state index contributed by atoms with van der Waals surface area (Å²) in [5.74, 6) is -0.823. The van der Waals surface area contributed by atoms with Crippen molar-refractivity contribution in [1.29, 1.82) is 0 Å². The maximum atomic E-state index is 14.6. The number of aromatic nitrogens is 4. The van der Waals surface area contributed by atoms with Crippen LogP contribution >= 0.6 is 0 Å². The Kier molecular flexibility index (Phi) is 11.7. The zero-order chi connectivity index (χ0) is 42.8. The lowest BCUT2D eigenvalue weighted by Gasteiger charge is -2.36. The molecule has 2 aromatic heterocycles. The van der Waals surface area contributed by atoms with E-state index in [1.165, 1.54) is 60.7 Å². The molecule has 5 aromatic carbocycles. The van der Waals surface area contributed by atoms with E-state index in [9.17, 15) is 33.3 Å². The molecule has 7 aromatic rings. The lowest BCUT2D eigenvalue weighted by molar-refractivity contribution is -0.140. The van der Waals surface area contributed by atoms with E-state index in [-0.39, 0.29) is 34.3 Å². The third kappa shape index (κ3) is 8.60. The third-order valence-corrected chi connectivity index (χ3v) is 10.8. The van der Waals surface area contributed by atoms with Crippen molar-refractivity contribution >= 4 is 39.3 Å². The van der Waals surface area contributed by atoms with Gasteiger partial charge in [0, 0.05) is 63.1 Å². The van der Waals surface area contributed by atoms with E-state index < -0.39 is 29.5 Å². The molecular weight excluding hydrogens is 786 g/mol. The summed E-state index contributed by atoms with van der Waals surface area (Å²) in [4.78, 5) is 36.9. The Morgan fingerprint density at radius 2 is 1.10 bits per heavy atom. The Morgan fingerprint density at radius 1 is 0.623 bits per heavy atom. The van der Waals surface area contributed by atoms with Crippen molar-refractivity contribution in [3.63, 3.8) is 0 Å². The second-order valence-corrected chi connectivity index (χ2v) is 15.1. The van der Waals surface area contributed by atoms with Crippen molar-refractivity contribution in [2.75, 3.05) is 62.2 Å². The fourth-order valence-electron chi connectivity index (χ4n) is 7.60. The number of aliphatic hydroxyl groups is 1. The van der Waals surface area contributed by atoms with Crippen LogP contribution in [0.2, 0.25) is 0 Å². The first kappa shape index (κ1) is 40.9. The lowest BCUT2D eigenvalue weighted by atomic mass is 10.1. The zero-order valence-corrected chi connectivity index (χ0v) is 33.5. The summed E-state index contributed by atoms with van der Waals surface area (Å²) in [5, 5.41) is 36.0. The van der Waals surface area contributed by atoms with E-state index in [0.29, 0.717) is 43.1 Å². The van der Waals surface area contributed by atoms with Crippen LogP contribution in [0.25, 0.3) is 44.6 Å². The van der Waals surface area contributed by atoms with Crippen molar-refractivity contribution in [3.8, 4) is 34.3 Å². The Hall–Kier alpha value is -6.84. The minimum Gasteiger partial charge on any atom is -0.507 e. The van der Waals surface area contributed by atoms with Gasteiger partial charge in [0.2, 0.25) is 0 Å². The number of halogens is 3. The highest BCUT2D eigenvalue weighted by Crippen LogP contribution is 2.36. The van der Waals surface area contributed by atoms with Crippen LogP contribution in [0.5, 0.6) is 11.5 Å². The van der Waals surface area contributed by atoms with Gasteiger partial charge in [-0.3, -0.25) is 4.79 Å². The number of nitrogens with zero attached hydrogens (tertiary/aromatic N) is 7. The van der Waals surface area contributed by atoms with E-state index in [0.717, 1.165) is 59.4 Å². The molecule has 312 valence electrons. The van der Waals surface area contributed by atoms with Crippen molar-refractivity contribution < 1.29 is 33.3 Å². The number of benzene rings is 5. The van der Waals surface area contributed by atoms with Gasteiger partial charge in [-0.2, -0.15) is 0 Å². The number of hydrogen-bond donors (Lipinski definition) is 4. The smallest absolute Gasteiger partial charge is 0.256 e. The predicted octanol–water partition coefficient (Wildman–Crippen LogP) is 6.83. The van der Waals surface area contributed by atoms with Gasteiger partial charge in [-0.05, 0) is 91.2 Å². The summed E-state index contributed by atoms with van der Waals surface area (Å²) in [6.07, 6.45) is -1.38. The Morgan fingerprint density at radius 3 is 1.57 bits per heavy atom. The number of anilines is 2. The van der Waals surface area contributed by atoms with Crippen molar-refractivity contribution in [1.82, 2.24) is 30.2 Å². The highest BCUT2D eigenvalue weighted by molar-refractivity contribution is 5.93. The SMILES string of the molecule is Cc1ccc2c(N3CCN(C(=O)C(O)c4ccc(F)cc4)CC3)nc(-c3c(O)cccc3F)nc2c1.Cc1ccc2c(N3CCNCC3)nc(-c3c(O)cccc3F)nc2c1. The van der Waals surface area contributed by atoms with E-state index in [1.807, 2.05) is 55.1 Å². The fourth-order valence-corrected chi connectivity index (χ4v) is 7.60. The van der Waals surface area contributed by atoms with Crippen LogP contribution in [0.4, 0.5) is 24.8 Å². The average Bonchev–Trinajstić information content (AvgIpc) is 3.26. The molecule has 1 atom stereocenters. The molecule has 12 nitrogen and oxygen atoms in total. The van der Waals surface area contributed by atoms with Crippen LogP contribution in [0.1, 0.15) is 22.8 Å². The van der Waals surface area contributed by atoms with Crippen LogP contribution in [0.3, 0.4) is 0 Å². The van der Waals surface area contributed by atoms with Gasteiger partial charge in [0.1, 0.15) is 40.6 Å². The highest BCUT2D eigenvalue weighted by atomic mass is 19.1. The highest BCUT2D eigenvalue weighted by Gasteiger charge is 2.29. The molecule has 0 spiro atoms. The number of piperazine rings is 2. The van der Waals surface area contributed by atoms with Crippen LogP contribution in [-0.4, -0.2) is 98.4 Å². The van der Waals surface area contributed by atoms with Gasteiger partial charge in [-0.25, -0.2) is 33.1 Å². The monoisotopic (exact) mass is 828 g/mol. The molecule has 4 heterocycles. The molecule has 0 radical (unpaired) electrons. The molecule has 2 fully saturated rings. The van der Waals surface area contributed by atoms with Crippen LogP contribution < -0.4 is 15.1 Å². The maximum Gasteiger partial charge on any atom is 0.256 e. The summed E-state index contributed by atoms with van der Waals surface area (Å²) in [5.41, 5.74) is 3.71. The minimum absolute atomic E-state index is 0.0438. The largest absolute Gasteiger partial charge is 0.507 e. The van der Waals surface area contributed by atoms with Gasteiger partial charge in [0.05, 0.1) is 22.2 Å². The van der Waals surface area contributed by atoms with Crippen LogP contribution in [0.15, 0.2) is 97.1 Å². The topological polar surface area (TPSA) is 151 Å². The molecule has 2 aliphatic heterocycles. The number of carbonyl (C=O) groups is 1. The average molecular weight is 829 g/mol. The maximum absolute atomic E-state index is 14.6. The summed E-state index contributed by atoms with van der Waals surface area (Å²) < 4.78 is 42.1. The number of carbonyl (C=O) groups excluding carboxylic acids is 1. The molecule has 2 saturated heterocycles. The molecule has 61 heavy (non-hydrogen) atoms. The first-order valence-corrected chi connectivity index (χ1v) is 19.9. The molecule has 9 rings (SSSR count). The van der Waals surface area contributed by atoms with Crippen LogP contribution in [0, 0.1) is 31.3 Å². The lowest BCUT2D eigenvalue weighted by Crippen LogP contribution is -2.50. The number of rotatable bonds is 6. The number of aryl methyl sites for hydroxylation is 2. The molecule has 0 bridgehead atoms. The van der Waals surface area contributed by atoms with Gasteiger partial charge < -0.3 is 35.3 Å². The second-order valence-electron chi connectivity index (χ2n) is 15.1. The minimum atomic E-state index is -1.38. The normalized spacial score (nSPS) is 14.8. The first-order chi connectivity index (χ1) is 29.4. The first-order valence-electron chi connectivity index (χ1n) is 19.9. The molecule has 4 N–H and O–H groups in total. The van der Waals surface area contributed by atoms with E-state index in [4.69, 9.17) is 0 Å². The number of hydrogen-bond acceptors (Lipinski definition) is 11. The molecule has 0 saturated carbocycles. The molecular formula is C46H43F3N8O4. The summed E-state index contributed by atoms with van der Waals surface area (Å²) in [6, 6.07) is 25.2. The van der Waals surface area contributed by atoms with E-state index >= 15 is 0 Å². The third-order valence-electron chi connectivity index (χ3n) is 10.8. The Balaban J connectivity index is 0.000000180. The van der Waals surface area contributed by atoms with Gasteiger partial charge in [0.15, 0.2) is 17.8 Å². The predicted molar refractivity (Wildman–Crippen MR) is 228 cm³/mol. The molecule has 0 aliphatic carbocycles. The number of fused-ring (bicyclic) bond motifs is 2. The van der Waals surface area contributed by atoms with Gasteiger partial charge in [-0.15, -0.1) is 0 Å². The van der Waals surface area contributed by atoms with Gasteiger partial charge in [-0.1, -0.05) is 36.4 Å². The van der Waals surface area contributed by atoms with E-state index in [1.54, 1.807) is 4.90 Å². The fraction of sp³-hybridized carbons (Fsp3) is 0.239. The quantitative estimate of drug-likeness (QED) is 0.140. The number of aromatic hydroxyl groups is 2. The number of aliphatic hydroxyl groups excluding tert-OH is 1. The number of amides is 1. The number of phenolic OH excluding ortho intramolecular Hbond substituents is 2. The Bertz CT molecular complexity index is 2700.